The molecular weight excluding hydrogens is 178 g/mol. The van der Waals surface area contributed by atoms with E-state index in [0.29, 0.717) is 12.8 Å². The van der Waals surface area contributed by atoms with Crippen LogP contribution in [0.3, 0.4) is 0 Å². The average molecular weight is 193 g/mol. The molecule has 1 amide bonds. The Bertz CT molecular complexity index is 323. The van der Waals surface area contributed by atoms with Gasteiger partial charge < -0.3 is 10.8 Å². The van der Waals surface area contributed by atoms with Crippen LogP contribution in [0.25, 0.3) is 0 Å². The molecule has 76 valence electrons. The lowest BCUT2D eigenvalue weighted by molar-refractivity contribution is -0.121. The Morgan fingerprint density at radius 2 is 2.14 bits per heavy atom. The summed E-state index contributed by atoms with van der Waals surface area (Å²) in [4.78, 5) is 10.8. The van der Waals surface area contributed by atoms with Crippen LogP contribution in [0.15, 0.2) is 24.3 Å². The van der Waals surface area contributed by atoms with E-state index in [1.54, 1.807) is 19.1 Å². The third-order valence-corrected chi connectivity index (χ3v) is 2.32. The predicted octanol–water partition coefficient (Wildman–Crippen LogP) is 1.45. The predicted molar refractivity (Wildman–Crippen MR) is 54.8 cm³/mol. The average Bonchev–Trinajstić information content (AvgIpc) is 2.16. The second kappa shape index (κ2) is 4.65. The van der Waals surface area contributed by atoms with Crippen molar-refractivity contribution in [1.82, 2.24) is 0 Å². The number of hydrogen-bond donors (Lipinski definition) is 2. The summed E-state index contributed by atoms with van der Waals surface area (Å²) < 4.78 is 0. The lowest BCUT2D eigenvalue weighted by Gasteiger charge is -2.07. The molecule has 0 heterocycles. The van der Waals surface area contributed by atoms with Gasteiger partial charge in [-0.05, 0) is 24.5 Å². The van der Waals surface area contributed by atoms with Crippen molar-refractivity contribution in [2.24, 2.45) is 11.7 Å². The number of phenolic OH excluding ortho intramolecular Hbond substituents is 1. The molecule has 0 spiro atoms. The maximum absolute atomic E-state index is 10.8. The Hall–Kier alpha value is -1.51. The quantitative estimate of drug-likeness (QED) is 0.760. The Kier molecular flexibility index (Phi) is 3.51. The van der Waals surface area contributed by atoms with E-state index >= 15 is 0 Å². The molecule has 0 aromatic heterocycles. The molecule has 3 heteroatoms. The van der Waals surface area contributed by atoms with E-state index in [-0.39, 0.29) is 17.6 Å². The van der Waals surface area contributed by atoms with Crippen molar-refractivity contribution in [3.63, 3.8) is 0 Å². The van der Waals surface area contributed by atoms with Crippen LogP contribution in [0, 0.1) is 5.92 Å². The number of aromatic hydroxyl groups is 1. The van der Waals surface area contributed by atoms with Gasteiger partial charge in [-0.15, -0.1) is 0 Å². The molecule has 1 aromatic rings. The molecule has 0 bridgehead atoms. The Morgan fingerprint density at radius 1 is 1.50 bits per heavy atom. The summed E-state index contributed by atoms with van der Waals surface area (Å²) in [7, 11) is 0. The molecule has 0 radical (unpaired) electrons. The lowest BCUT2D eigenvalue weighted by atomic mass is 10.0. The molecule has 0 fully saturated rings. The van der Waals surface area contributed by atoms with Gasteiger partial charge in [-0.3, -0.25) is 4.79 Å². The molecule has 3 N–H and O–H groups in total. The molecule has 0 aliphatic carbocycles. The van der Waals surface area contributed by atoms with Gasteiger partial charge in [0, 0.05) is 5.92 Å². The fraction of sp³-hybridized carbons (Fsp3) is 0.364. The number of hydrogen-bond acceptors (Lipinski definition) is 2. The monoisotopic (exact) mass is 193 g/mol. The topological polar surface area (TPSA) is 63.3 Å². The van der Waals surface area contributed by atoms with E-state index < -0.39 is 0 Å². The van der Waals surface area contributed by atoms with Gasteiger partial charge in [0.15, 0.2) is 0 Å². The molecule has 3 nitrogen and oxygen atoms in total. The Morgan fingerprint density at radius 3 is 2.71 bits per heavy atom. The van der Waals surface area contributed by atoms with Gasteiger partial charge in [-0.1, -0.05) is 25.1 Å². The maximum atomic E-state index is 10.8. The van der Waals surface area contributed by atoms with Crippen molar-refractivity contribution in [2.45, 2.75) is 19.8 Å². The molecule has 0 aliphatic heterocycles. The summed E-state index contributed by atoms with van der Waals surface area (Å²) in [6.45, 7) is 1.79. The Balaban J connectivity index is 2.54. The summed E-state index contributed by atoms with van der Waals surface area (Å²) in [5.41, 5.74) is 6.00. The lowest BCUT2D eigenvalue weighted by Crippen LogP contribution is -2.20. The van der Waals surface area contributed by atoms with Crippen LogP contribution >= 0.6 is 0 Å². The minimum atomic E-state index is -0.291. The molecule has 1 unspecified atom stereocenters. The first-order valence-electron chi connectivity index (χ1n) is 4.67. The SMILES string of the molecule is CC(CCc1ccccc1O)C(N)=O. The second-order valence-electron chi connectivity index (χ2n) is 3.47. The van der Waals surface area contributed by atoms with Crippen LogP contribution < -0.4 is 5.73 Å². The standard InChI is InChI=1S/C11H15NO2/c1-8(11(12)14)6-7-9-4-2-3-5-10(9)13/h2-5,8,13H,6-7H2,1H3,(H2,12,14). The molecule has 14 heavy (non-hydrogen) atoms. The highest BCUT2D eigenvalue weighted by atomic mass is 16.3. The van der Waals surface area contributed by atoms with Crippen LogP contribution in [-0.4, -0.2) is 11.0 Å². The van der Waals surface area contributed by atoms with Gasteiger partial charge in [0.2, 0.25) is 5.91 Å². The second-order valence-corrected chi connectivity index (χ2v) is 3.47. The van der Waals surface area contributed by atoms with Crippen molar-refractivity contribution in [3.8, 4) is 5.75 Å². The molecule has 1 rings (SSSR count). The molecule has 1 atom stereocenters. The highest BCUT2D eigenvalue weighted by Crippen LogP contribution is 2.19. The number of rotatable bonds is 4. The third-order valence-electron chi connectivity index (χ3n) is 2.32. The van der Waals surface area contributed by atoms with Crippen LogP contribution in [0.1, 0.15) is 18.9 Å². The molecule has 0 saturated heterocycles. The van der Waals surface area contributed by atoms with E-state index in [9.17, 15) is 9.90 Å². The fourth-order valence-corrected chi connectivity index (χ4v) is 1.24. The number of aryl methyl sites for hydroxylation is 1. The van der Waals surface area contributed by atoms with Crippen molar-refractivity contribution >= 4 is 5.91 Å². The minimum Gasteiger partial charge on any atom is -0.508 e. The van der Waals surface area contributed by atoms with Gasteiger partial charge in [-0.2, -0.15) is 0 Å². The number of para-hydroxylation sites is 1. The number of phenols is 1. The van der Waals surface area contributed by atoms with Crippen LogP contribution in [-0.2, 0) is 11.2 Å². The maximum Gasteiger partial charge on any atom is 0.220 e. The van der Waals surface area contributed by atoms with Gasteiger partial charge in [0.05, 0.1) is 0 Å². The van der Waals surface area contributed by atoms with Gasteiger partial charge in [0.25, 0.3) is 0 Å². The Labute approximate surface area is 83.6 Å². The normalized spacial score (nSPS) is 12.4. The van der Waals surface area contributed by atoms with E-state index in [0.717, 1.165) is 5.56 Å². The first-order valence-corrected chi connectivity index (χ1v) is 4.67. The van der Waals surface area contributed by atoms with Gasteiger partial charge >= 0.3 is 0 Å². The molecule has 0 saturated carbocycles. The zero-order valence-electron chi connectivity index (χ0n) is 8.23. The fourth-order valence-electron chi connectivity index (χ4n) is 1.24. The van der Waals surface area contributed by atoms with Crippen LogP contribution in [0.2, 0.25) is 0 Å². The molecule has 1 aromatic carbocycles. The van der Waals surface area contributed by atoms with Gasteiger partial charge in [0.1, 0.15) is 5.75 Å². The number of nitrogens with two attached hydrogens (primary N) is 1. The van der Waals surface area contributed by atoms with Crippen molar-refractivity contribution in [3.05, 3.63) is 29.8 Å². The number of carbonyl (C=O) groups is 1. The summed E-state index contributed by atoms with van der Waals surface area (Å²) in [5.74, 6) is -0.154. The number of primary amides is 1. The smallest absolute Gasteiger partial charge is 0.220 e. The first kappa shape index (κ1) is 10.6. The number of benzene rings is 1. The van der Waals surface area contributed by atoms with E-state index in [4.69, 9.17) is 5.73 Å². The minimum absolute atomic E-state index is 0.144. The van der Waals surface area contributed by atoms with E-state index in [1.165, 1.54) is 0 Å². The summed E-state index contributed by atoms with van der Waals surface area (Å²) in [5, 5.41) is 9.45. The largest absolute Gasteiger partial charge is 0.508 e. The first-order chi connectivity index (χ1) is 6.61. The molecule has 0 aliphatic rings. The number of amides is 1. The van der Waals surface area contributed by atoms with Crippen LogP contribution in [0.5, 0.6) is 5.75 Å². The third kappa shape index (κ3) is 2.76. The number of carbonyl (C=O) groups excluding carboxylic acids is 1. The van der Waals surface area contributed by atoms with Crippen molar-refractivity contribution in [2.75, 3.05) is 0 Å². The zero-order valence-corrected chi connectivity index (χ0v) is 8.23. The molecular formula is C11H15NO2. The van der Waals surface area contributed by atoms with Crippen molar-refractivity contribution < 1.29 is 9.90 Å². The highest BCUT2D eigenvalue weighted by Gasteiger charge is 2.09. The van der Waals surface area contributed by atoms with E-state index in [1.807, 2.05) is 12.1 Å². The summed E-state index contributed by atoms with van der Waals surface area (Å²) >= 11 is 0. The van der Waals surface area contributed by atoms with Gasteiger partial charge in [-0.25, -0.2) is 0 Å². The van der Waals surface area contributed by atoms with E-state index in [2.05, 4.69) is 0 Å². The summed E-state index contributed by atoms with van der Waals surface area (Å²) in [6.07, 6.45) is 1.35. The highest BCUT2D eigenvalue weighted by molar-refractivity contribution is 5.76. The zero-order chi connectivity index (χ0) is 10.6. The summed E-state index contributed by atoms with van der Waals surface area (Å²) in [6, 6.07) is 7.13. The van der Waals surface area contributed by atoms with Crippen molar-refractivity contribution in [1.29, 1.82) is 0 Å². The van der Waals surface area contributed by atoms with Crippen LogP contribution in [0.4, 0.5) is 0 Å².